The smallest absolute Gasteiger partial charge is 0.132 e. The predicted molar refractivity (Wildman–Crippen MR) is 113 cm³/mol. The van der Waals surface area contributed by atoms with Gasteiger partial charge < -0.3 is 33.2 Å². The molecule has 0 radical (unpaired) electrons. The molecule has 0 N–H and O–H groups in total. The molecule has 0 aromatic heterocycles. The second-order valence-corrected chi connectivity index (χ2v) is 7.34. The maximum atomic E-state index is 10.2. The van der Waals surface area contributed by atoms with Crippen molar-refractivity contribution in [1.29, 1.82) is 0 Å². The van der Waals surface area contributed by atoms with E-state index in [9.17, 15) is 4.79 Å². The Balaban J connectivity index is 0. The van der Waals surface area contributed by atoms with Crippen LogP contribution >= 0.6 is 0 Å². The molecule has 0 bridgehead atoms. The maximum Gasteiger partial charge on any atom is 0.132 e. The highest BCUT2D eigenvalue weighted by molar-refractivity contribution is 5.77. The second-order valence-electron chi connectivity index (χ2n) is 7.34. The van der Waals surface area contributed by atoms with Crippen LogP contribution in [0.15, 0.2) is 0 Å². The van der Waals surface area contributed by atoms with Crippen LogP contribution in [0, 0.1) is 10.8 Å². The number of hydrogen-bond donors (Lipinski definition) is 0. The van der Waals surface area contributed by atoms with Gasteiger partial charge in [-0.25, -0.2) is 0 Å². The summed E-state index contributed by atoms with van der Waals surface area (Å²) < 4.78 is 37.9. The molecule has 8 nitrogen and oxygen atoms in total. The Labute approximate surface area is 177 Å². The number of carbonyl (C=O) groups is 1. The van der Waals surface area contributed by atoms with E-state index in [2.05, 4.69) is 0 Å². The fraction of sp³-hybridized carbons (Fsp3) is 0.952. The first kappa shape index (κ1) is 30.6. The van der Waals surface area contributed by atoms with Crippen molar-refractivity contribution >= 4 is 5.78 Å². The Hall–Kier alpha value is -0.610. The van der Waals surface area contributed by atoms with Gasteiger partial charge in [-0.2, -0.15) is 0 Å². The Bertz CT molecular complexity index is 310. The summed E-state index contributed by atoms with van der Waals surface area (Å²) in [6.45, 7) is 7.57. The van der Waals surface area contributed by atoms with Crippen LogP contribution in [-0.2, 0) is 38.0 Å². The molecule has 0 fully saturated rings. The quantitative estimate of drug-likeness (QED) is 0.331. The molecule has 0 unspecified atom stereocenters. The van der Waals surface area contributed by atoms with E-state index >= 15 is 0 Å². The summed E-state index contributed by atoms with van der Waals surface area (Å²) in [5, 5.41) is 0. The van der Waals surface area contributed by atoms with E-state index in [0.29, 0.717) is 71.5 Å². The van der Waals surface area contributed by atoms with Gasteiger partial charge in [0.2, 0.25) is 0 Å². The first-order valence-electron chi connectivity index (χ1n) is 9.91. The van der Waals surface area contributed by atoms with Crippen LogP contribution in [0.25, 0.3) is 0 Å². The lowest BCUT2D eigenvalue weighted by molar-refractivity contribution is -0.125. The van der Waals surface area contributed by atoms with Gasteiger partial charge in [0.25, 0.3) is 0 Å². The maximum absolute atomic E-state index is 10.2. The number of ketones is 1. The molecule has 0 aromatic carbocycles. The normalized spacial score (nSPS) is 11.9. The standard InChI is InChI=1S/C16H34O7.C5H10O/c1-17-7-15(8-18-2,9-19-3)13-23-14-16(10-20-4,11-21-5)12-22-6;1-3-5(6)4-2/h7-14H2,1-6H3;3-4H2,1-2H3. The number of hydrogen-bond acceptors (Lipinski definition) is 8. The molecule has 0 saturated carbocycles. The Kier molecular flexibility index (Phi) is 20.4. The molecule has 0 amide bonds. The molecule has 0 aliphatic carbocycles. The number of Topliss-reactive ketones (excluding diaryl/α,β-unsaturated/α-hetero) is 1. The summed E-state index contributed by atoms with van der Waals surface area (Å²) in [7, 11) is 9.95. The van der Waals surface area contributed by atoms with Crippen molar-refractivity contribution in [2.45, 2.75) is 26.7 Å². The van der Waals surface area contributed by atoms with Crippen LogP contribution in [0.4, 0.5) is 0 Å². The van der Waals surface area contributed by atoms with E-state index in [-0.39, 0.29) is 10.8 Å². The van der Waals surface area contributed by atoms with Gasteiger partial charge in [-0.1, -0.05) is 13.8 Å². The largest absolute Gasteiger partial charge is 0.384 e. The molecular formula is C21H44O8. The van der Waals surface area contributed by atoms with Gasteiger partial charge in [0, 0.05) is 55.5 Å². The van der Waals surface area contributed by atoms with Gasteiger partial charge in [-0.05, 0) is 0 Å². The van der Waals surface area contributed by atoms with E-state index < -0.39 is 0 Å². The third-order valence-corrected chi connectivity index (χ3v) is 4.31. The highest BCUT2D eigenvalue weighted by atomic mass is 16.5. The molecule has 0 aliphatic heterocycles. The van der Waals surface area contributed by atoms with Gasteiger partial charge in [0.05, 0.1) is 63.7 Å². The van der Waals surface area contributed by atoms with Crippen LogP contribution in [0.5, 0.6) is 0 Å². The fourth-order valence-electron chi connectivity index (χ4n) is 3.07. The van der Waals surface area contributed by atoms with Crippen molar-refractivity contribution in [2.24, 2.45) is 10.8 Å². The lowest BCUT2D eigenvalue weighted by Gasteiger charge is -2.35. The minimum atomic E-state index is -0.350. The molecule has 0 saturated heterocycles. The first-order valence-corrected chi connectivity index (χ1v) is 9.91. The highest BCUT2D eigenvalue weighted by Gasteiger charge is 2.35. The second kappa shape index (κ2) is 19.4. The molecule has 176 valence electrons. The van der Waals surface area contributed by atoms with E-state index in [1.54, 1.807) is 42.7 Å². The van der Waals surface area contributed by atoms with E-state index in [0.717, 1.165) is 0 Å². The molecule has 0 spiro atoms. The van der Waals surface area contributed by atoms with Gasteiger partial charge >= 0.3 is 0 Å². The third kappa shape index (κ3) is 14.1. The molecule has 0 atom stereocenters. The van der Waals surface area contributed by atoms with Crippen molar-refractivity contribution in [3.05, 3.63) is 0 Å². The van der Waals surface area contributed by atoms with E-state index in [1.807, 2.05) is 13.8 Å². The molecular weight excluding hydrogens is 380 g/mol. The zero-order valence-corrected chi connectivity index (χ0v) is 19.8. The van der Waals surface area contributed by atoms with Crippen LogP contribution in [-0.4, -0.2) is 101 Å². The van der Waals surface area contributed by atoms with Crippen molar-refractivity contribution in [3.63, 3.8) is 0 Å². The molecule has 8 heteroatoms. The zero-order valence-electron chi connectivity index (χ0n) is 19.8. The fourth-order valence-corrected chi connectivity index (χ4v) is 3.07. The molecule has 0 heterocycles. The summed E-state index contributed by atoms with van der Waals surface area (Å²) in [6, 6.07) is 0. The topological polar surface area (TPSA) is 81.7 Å². The number of carbonyl (C=O) groups excluding carboxylic acids is 1. The monoisotopic (exact) mass is 424 g/mol. The number of rotatable bonds is 18. The average molecular weight is 425 g/mol. The van der Waals surface area contributed by atoms with Crippen LogP contribution < -0.4 is 0 Å². The highest BCUT2D eigenvalue weighted by Crippen LogP contribution is 2.24. The lowest BCUT2D eigenvalue weighted by Crippen LogP contribution is -2.45. The SMILES string of the molecule is CCC(=O)CC.COCC(COC)(COC)COCC(COC)(COC)COC. The van der Waals surface area contributed by atoms with E-state index in [4.69, 9.17) is 33.2 Å². The summed E-state index contributed by atoms with van der Waals surface area (Å²) in [5.41, 5.74) is -0.700. The molecule has 0 aliphatic rings. The summed E-state index contributed by atoms with van der Waals surface area (Å²) in [6.07, 6.45) is 1.38. The molecule has 29 heavy (non-hydrogen) atoms. The first-order chi connectivity index (χ1) is 13.9. The summed E-state index contributed by atoms with van der Waals surface area (Å²) in [5.74, 6) is 0.343. The number of ether oxygens (including phenoxy) is 7. The van der Waals surface area contributed by atoms with Crippen molar-refractivity contribution in [2.75, 3.05) is 95.5 Å². The van der Waals surface area contributed by atoms with Crippen molar-refractivity contribution in [1.82, 2.24) is 0 Å². The Morgan fingerprint density at radius 3 is 0.897 bits per heavy atom. The predicted octanol–water partition coefficient (Wildman–Crippen LogP) is 2.23. The minimum Gasteiger partial charge on any atom is -0.384 e. The Morgan fingerprint density at radius 1 is 0.517 bits per heavy atom. The van der Waals surface area contributed by atoms with Gasteiger partial charge in [-0.15, -0.1) is 0 Å². The van der Waals surface area contributed by atoms with E-state index in [1.165, 1.54) is 0 Å². The third-order valence-electron chi connectivity index (χ3n) is 4.31. The van der Waals surface area contributed by atoms with Crippen LogP contribution in [0.3, 0.4) is 0 Å². The van der Waals surface area contributed by atoms with Gasteiger partial charge in [-0.3, -0.25) is 4.79 Å². The zero-order chi connectivity index (χ0) is 22.6. The summed E-state index contributed by atoms with van der Waals surface area (Å²) in [4.78, 5) is 10.2. The van der Waals surface area contributed by atoms with Crippen LogP contribution in [0.2, 0.25) is 0 Å². The Morgan fingerprint density at radius 2 is 0.759 bits per heavy atom. The molecule has 0 aromatic rings. The van der Waals surface area contributed by atoms with Gasteiger partial charge in [0.15, 0.2) is 0 Å². The lowest BCUT2D eigenvalue weighted by atomic mass is 9.90. The van der Waals surface area contributed by atoms with Crippen molar-refractivity contribution < 1.29 is 38.0 Å². The average Bonchev–Trinajstić information content (AvgIpc) is 2.69. The minimum absolute atomic E-state index is 0.343. The van der Waals surface area contributed by atoms with Crippen molar-refractivity contribution in [3.8, 4) is 0 Å². The molecule has 0 rings (SSSR count). The van der Waals surface area contributed by atoms with Crippen LogP contribution in [0.1, 0.15) is 26.7 Å². The summed E-state index contributed by atoms with van der Waals surface area (Å²) >= 11 is 0. The number of methoxy groups -OCH3 is 6. The van der Waals surface area contributed by atoms with Gasteiger partial charge in [0.1, 0.15) is 5.78 Å².